The fourth-order valence-electron chi connectivity index (χ4n) is 0. The van der Waals surface area contributed by atoms with Gasteiger partial charge in [-0.25, -0.2) is 0 Å². The van der Waals surface area contributed by atoms with Gasteiger partial charge < -0.3 is 0 Å². The van der Waals surface area contributed by atoms with Gasteiger partial charge in [-0.3, -0.25) is 9.59 Å². The van der Waals surface area contributed by atoms with Crippen LogP contribution < -0.4 is 0 Å². The van der Waals surface area contributed by atoms with E-state index in [4.69, 9.17) is 8.42 Å². The lowest BCUT2D eigenvalue weighted by Gasteiger charge is -1.67. The molecule has 0 fully saturated rings. The summed E-state index contributed by atoms with van der Waals surface area (Å²) in [5, 5.41) is -2.28. The molecule has 0 atom stereocenters. The summed E-state index contributed by atoms with van der Waals surface area (Å²) in [6.45, 7) is 0. The van der Waals surface area contributed by atoms with Crippen LogP contribution in [0.3, 0.4) is 0 Å². The molecule has 0 amide bonds. The van der Waals surface area contributed by atoms with E-state index in [-0.39, 0.29) is 0 Å². The first-order valence-corrected chi connectivity index (χ1v) is 5.57. The first kappa shape index (κ1) is 14.0. The van der Waals surface area contributed by atoms with Crippen LogP contribution in [0.15, 0.2) is 0 Å². The molecule has 0 aliphatic carbocycles. The average molecular weight is 262 g/mol. The van der Waals surface area contributed by atoms with Crippen LogP contribution in [-0.2, 0) is 17.9 Å². The van der Waals surface area contributed by atoms with Gasteiger partial charge in [-0.1, -0.05) is 0 Å². The number of carbonyl (C=O) groups is 2. The molecule has 0 spiro atoms. The highest BCUT2D eigenvalue weighted by Crippen LogP contribution is 1.98. The van der Waals surface area contributed by atoms with Gasteiger partial charge in [0.25, 0.3) is 0 Å². The Morgan fingerprint density at radius 3 is 1.00 bits per heavy atom. The van der Waals surface area contributed by atoms with Crippen molar-refractivity contribution in [1.29, 1.82) is 0 Å². The second kappa shape index (κ2) is 6.02. The van der Waals surface area contributed by atoms with Crippen LogP contribution in [0.1, 0.15) is 0 Å². The maximum Gasteiger partial charge on any atom is 0.317 e. The maximum absolute atomic E-state index is 9.43. The maximum atomic E-state index is 9.43. The normalized spacial score (nSPS) is 9.45. The quantitative estimate of drug-likeness (QED) is 0.526. The van der Waals surface area contributed by atoms with Gasteiger partial charge in [0.15, 0.2) is 0 Å². The molecular formula is C2Cl4O4S. The van der Waals surface area contributed by atoms with Gasteiger partial charge in [0.2, 0.25) is 0 Å². The van der Waals surface area contributed by atoms with Crippen molar-refractivity contribution in [1.82, 2.24) is 0 Å². The molecular weight excluding hydrogens is 262 g/mol. The van der Waals surface area contributed by atoms with Crippen molar-refractivity contribution in [3.05, 3.63) is 0 Å². The van der Waals surface area contributed by atoms with Crippen LogP contribution in [0, 0.1) is 0 Å². The zero-order chi connectivity index (χ0) is 9.65. The van der Waals surface area contributed by atoms with Crippen LogP contribution in [-0.4, -0.2) is 18.9 Å². The van der Waals surface area contributed by atoms with Crippen molar-refractivity contribution in [2.75, 3.05) is 0 Å². The van der Waals surface area contributed by atoms with E-state index in [1.807, 2.05) is 0 Å². The van der Waals surface area contributed by atoms with E-state index in [1.54, 1.807) is 0 Å². The molecule has 0 saturated carbocycles. The van der Waals surface area contributed by atoms with Gasteiger partial charge in [-0.2, -0.15) is 8.42 Å². The van der Waals surface area contributed by atoms with E-state index in [0.29, 0.717) is 0 Å². The van der Waals surface area contributed by atoms with Gasteiger partial charge in [0.1, 0.15) is 0 Å². The molecule has 4 nitrogen and oxygen atoms in total. The summed E-state index contributed by atoms with van der Waals surface area (Å²) in [5.41, 5.74) is 0. The molecule has 0 radical (unpaired) electrons. The summed E-state index contributed by atoms with van der Waals surface area (Å²) in [6, 6.07) is 0. The molecule has 11 heavy (non-hydrogen) atoms. The molecule has 0 bridgehead atoms. The zero-order valence-corrected chi connectivity index (χ0v) is 8.39. The number of rotatable bonds is 1. The summed E-state index contributed by atoms with van der Waals surface area (Å²) in [6.07, 6.45) is 0. The summed E-state index contributed by atoms with van der Waals surface area (Å²) in [7, 11) is 4.81. The molecule has 0 aromatic rings. The van der Waals surface area contributed by atoms with Crippen molar-refractivity contribution in [2.24, 2.45) is 0 Å². The van der Waals surface area contributed by atoms with E-state index in [9.17, 15) is 9.59 Å². The lowest BCUT2D eigenvalue weighted by atomic mass is 10.9. The molecule has 0 N–H and O–H groups in total. The predicted octanol–water partition coefficient (Wildman–Crippen LogP) is 1.23. The van der Waals surface area contributed by atoms with Crippen LogP contribution in [0.2, 0.25) is 0 Å². The summed E-state index contributed by atoms with van der Waals surface area (Å²) >= 11 is 8.98. The number of hydrogen-bond acceptors (Lipinski definition) is 4. The van der Waals surface area contributed by atoms with Crippen molar-refractivity contribution >= 4 is 63.3 Å². The summed E-state index contributed by atoms with van der Waals surface area (Å²) in [5.74, 6) is 0. The molecule has 0 saturated heterocycles. The zero-order valence-electron chi connectivity index (χ0n) is 4.55. The molecule has 0 unspecified atom stereocenters. The van der Waals surface area contributed by atoms with Crippen molar-refractivity contribution in [2.45, 2.75) is 0 Å². The Morgan fingerprint density at radius 1 is 0.909 bits per heavy atom. The molecule has 0 heterocycles. The van der Waals surface area contributed by atoms with Crippen LogP contribution in [0.25, 0.3) is 0 Å². The minimum absolute atomic E-state index is 1.14. The summed E-state index contributed by atoms with van der Waals surface area (Å²) < 4.78 is 18.3. The molecule has 0 aliphatic rings. The first-order valence-electron chi connectivity index (χ1n) is 1.68. The van der Waals surface area contributed by atoms with Crippen molar-refractivity contribution < 1.29 is 18.0 Å². The van der Waals surface area contributed by atoms with E-state index in [1.165, 1.54) is 0 Å². The lowest BCUT2D eigenvalue weighted by molar-refractivity contribution is -0.127. The average Bonchev–Trinajstić information content (AvgIpc) is 1.59. The molecule has 0 rings (SSSR count). The first-order chi connectivity index (χ1) is 4.64. The van der Waals surface area contributed by atoms with Crippen molar-refractivity contribution in [3.63, 3.8) is 0 Å². The number of halogens is 4. The van der Waals surface area contributed by atoms with Crippen LogP contribution >= 0.6 is 44.6 Å². The molecule has 0 aromatic heterocycles. The Labute approximate surface area is 81.3 Å². The highest BCUT2D eigenvalue weighted by atomic mass is 36.0. The third kappa shape index (κ3) is 37.7. The fourth-order valence-corrected chi connectivity index (χ4v) is 0. The lowest BCUT2D eigenvalue weighted by Crippen LogP contribution is -1.94. The van der Waals surface area contributed by atoms with Gasteiger partial charge in [0.05, 0.1) is 0 Å². The van der Waals surface area contributed by atoms with Crippen LogP contribution in [0.5, 0.6) is 0 Å². The second-order valence-corrected chi connectivity index (χ2v) is 5.28. The number of carbonyl (C=O) groups excluding carboxylic acids is 2. The predicted molar refractivity (Wildman–Crippen MR) is 42.3 cm³/mol. The molecule has 0 aromatic carbocycles. The fraction of sp³-hybridized carbons (Fsp3) is 0. The Hall–Kier alpha value is 0.450. The SMILES string of the molecule is O=C(Cl)C(=O)Cl.O=S(=O)(Cl)Cl. The van der Waals surface area contributed by atoms with E-state index < -0.39 is 18.7 Å². The van der Waals surface area contributed by atoms with Crippen LogP contribution in [0.4, 0.5) is 0 Å². The Balaban J connectivity index is 0. The smallest absolute Gasteiger partial charge is 0.271 e. The van der Waals surface area contributed by atoms with Gasteiger partial charge in [-0.05, 0) is 23.2 Å². The topological polar surface area (TPSA) is 68.3 Å². The van der Waals surface area contributed by atoms with E-state index >= 15 is 0 Å². The monoisotopic (exact) mass is 260 g/mol. The Morgan fingerprint density at radius 2 is 1.00 bits per heavy atom. The Bertz CT molecular complexity index is 223. The summed E-state index contributed by atoms with van der Waals surface area (Å²) in [4.78, 5) is 18.9. The molecule has 9 heteroatoms. The highest BCUT2D eigenvalue weighted by molar-refractivity contribution is 8.31. The molecule has 0 aliphatic heterocycles. The third-order valence-electron chi connectivity index (χ3n) is 0.155. The second-order valence-electron chi connectivity index (χ2n) is 0.926. The largest absolute Gasteiger partial charge is 0.317 e. The van der Waals surface area contributed by atoms with E-state index in [0.717, 1.165) is 0 Å². The van der Waals surface area contributed by atoms with E-state index in [2.05, 4.69) is 44.6 Å². The number of hydrogen-bond donors (Lipinski definition) is 0. The van der Waals surface area contributed by atoms with Gasteiger partial charge in [0, 0.05) is 21.4 Å². The molecule has 66 valence electrons. The van der Waals surface area contributed by atoms with Gasteiger partial charge >= 0.3 is 18.7 Å². The minimum atomic E-state index is -3.72. The third-order valence-corrected chi connectivity index (χ3v) is 0.595. The highest BCUT2D eigenvalue weighted by Gasteiger charge is 2.01. The van der Waals surface area contributed by atoms with Crippen molar-refractivity contribution in [3.8, 4) is 0 Å². The standard InChI is InChI=1S/C2Cl2O2.Cl2O2S/c3-1(5)2(4)6;1-5(2,3)4. The minimum Gasteiger partial charge on any atom is -0.271 e. The Kier molecular flexibility index (Phi) is 7.66. The van der Waals surface area contributed by atoms with Gasteiger partial charge in [-0.15, -0.1) is 0 Å².